The first kappa shape index (κ1) is 12.2. The van der Waals surface area contributed by atoms with Crippen LogP contribution in [0.1, 0.15) is 34.1 Å². The van der Waals surface area contributed by atoms with Gasteiger partial charge >= 0.3 is 0 Å². The van der Waals surface area contributed by atoms with E-state index in [0.29, 0.717) is 20.9 Å². The first-order chi connectivity index (χ1) is 9.60. The monoisotopic (exact) mass is 302 g/mol. The van der Waals surface area contributed by atoms with Gasteiger partial charge in [-0.15, -0.1) is 0 Å². The highest BCUT2D eigenvalue weighted by atomic mass is 32.2. The summed E-state index contributed by atoms with van der Waals surface area (Å²) in [6.45, 7) is 1.94. The summed E-state index contributed by atoms with van der Waals surface area (Å²) in [7, 11) is 0. The van der Waals surface area contributed by atoms with Gasteiger partial charge in [0.2, 0.25) is 11.6 Å². The number of benzene rings is 1. The Morgan fingerprint density at radius 3 is 2.10 bits per heavy atom. The van der Waals surface area contributed by atoms with Crippen molar-refractivity contribution in [2.75, 3.05) is 0 Å². The molecule has 0 saturated heterocycles. The summed E-state index contributed by atoms with van der Waals surface area (Å²) in [5.41, 5.74) is 5.08. The number of rotatable bonds is 0. The van der Waals surface area contributed by atoms with Crippen LogP contribution in [0, 0.1) is 0 Å². The zero-order chi connectivity index (χ0) is 13.9. The van der Waals surface area contributed by atoms with E-state index < -0.39 is 4.20 Å². The van der Waals surface area contributed by atoms with E-state index in [9.17, 15) is 9.59 Å². The van der Waals surface area contributed by atoms with Crippen LogP contribution in [0.3, 0.4) is 0 Å². The molecule has 100 valence electrons. The minimum absolute atomic E-state index is 0.0454. The van der Waals surface area contributed by atoms with Crippen LogP contribution in [-0.2, 0) is 0 Å². The van der Waals surface area contributed by atoms with Gasteiger partial charge in [0.25, 0.3) is 0 Å². The molecule has 4 nitrogen and oxygen atoms in total. The second-order valence-electron chi connectivity index (χ2n) is 4.95. The first-order valence-corrected chi connectivity index (χ1v) is 7.84. The van der Waals surface area contributed by atoms with Crippen LogP contribution in [-0.4, -0.2) is 21.5 Å². The summed E-state index contributed by atoms with van der Waals surface area (Å²) in [4.78, 5) is 26.2. The molecule has 0 radical (unpaired) electrons. The standard InChI is InChI=1S/C14H10N2O2S2/c1-7-6-14(16-15-7)19-12-10(17)8-4-2-3-5-9(8)11(18)13(12)20-14/h2-5,16H,6H2,1H3. The number of carbonyl (C=O) groups excluding carboxylic acids is 2. The molecule has 1 N–H and O–H groups in total. The smallest absolute Gasteiger partial charge is 0.201 e. The van der Waals surface area contributed by atoms with Gasteiger partial charge in [-0.2, -0.15) is 5.10 Å². The molecule has 0 atom stereocenters. The Labute approximate surface area is 124 Å². The van der Waals surface area contributed by atoms with Gasteiger partial charge < -0.3 is 0 Å². The summed E-state index contributed by atoms with van der Waals surface area (Å²) >= 11 is 2.86. The van der Waals surface area contributed by atoms with E-state index in [1.165, 1.54) is 23.5 Å². The Morgan fingerprint density at radius 2 is 1.65 bits per heavy atom. The van der Waals surface area contributed by atoms with Gasteiger partial charge in [-0.3, -0.25) is 15.0 Å². The molecule has 2 heterocycles. The molecule has 2 aliphatic heterocycles. The molecule has 6 heteroatoms. The number of thioether (sulfide) groups is 2. The predicted octanol–water partition coefficient (Wildman–Crippen LogP) is 2.78. The molecule has 1 aromatic rings. The number of carbonyl (C=O) groups is 2. The number of Topliss-reactive ketones (excluding diaryl/α,β-unsaturated/α-hetero) is 2. The zero-order valence-corrected chi connectivity index (χ0v) is 12.2. The van der Waals surface area contributed by atoms with Crippen molar-refractivity contribution >= 4 is 40.8 Å². The first-order valence-electron chi connectivity index (χ1n) is 6.21. The van der Waals surface area contributed by atoms with Crippen LogP contribution in [0.5, 0.6) is 0 Å². The molecule has 0 fully saturated rings. The molecule has 0 saturated carbocycles. The lowest BCUT2D eigenvalue weighted by Gasteiger charge is -2.20. The highest BCUT2D eigenvalue weighted by Gasteiger charge is 2.50. The zero-order valence-electron chi connectivity index (χ0n) is 10.6. The van der Waals surface area contributed by atoms with Crippen LogP contribution >= 0.6 is 23.5 Å². The normalized spacial score (nSPS) is 22.8. The third-order valence-electron chi connectivity index (χ3n) is 3.47. The van der Waals surface area contributed by atoms with Gasteiger partial charge in [-0.25, -0.2) is 0 Å². The molecular formula is C14H10N2O2S2. The van der Waals surface area contributed by atoms with E-state index in [-0.39, 0.29) is 11.6 Å². The highest BCUT2D eigenvalue weighted by Crippen LogP contribution is 2.58. The van der Waals surface area contributed by atoms with E-state index >= 15 is 0 Å². The van der Waals surface area contributed by atoms with Gasteiger partial charge in [0.05, 0.1) is 9.81 Å². The third-order valence-corrected chi connectivity index (χ3v) is 6.42. The summed E-state index contributed by atoms with van der Waals surface area (Å²) < 4.78 is -0.415. The molecule has 20 heavy (non-hydrogen) atoms. The molecule has 1 spiro atoms. The maximum absolute atomic E-state index is 12.6. The van der Waals surface area contributed by atoms with Crippen molar-refractivity contribution in [3.8, 4) is 0 Å². The van der Waals surface area contributed by atoms with Crippen molar-refractivity contribution in [1.82, 2.24) is 5.43 Å². The van der Waals surface area contributed by atoms with E-state index in [2.05, 4.69) is 10.5 Å². The van der Waals surface area contributed by atoms with Crippen LogP contribution in [0.15, 0.2) is 39.2 Å². The fourth-order valence-electron chi connectivity index (χ4n) is 2.58. The molecule has 4 rings (SSSR count). The van der Waals surface area contributed by atoms with Crippen molar-refractivity contribution in [1.29, 1.82) is 0 Å². The van der Waals surface area contributed by atoms with Crippen molar-refractivity contribution in [2.24, 2.45) is 5.10 Å². The average Bonchev–Trinajstić information content (AvgIpc) is 3.00. The summed E-state index contributed by atoms with van der Waals surface area (Å²) in [6, 6.07) is 7.02. The van der Waals surface area contributed by atoms with Crippen LogP contribution in [0.25, 0.3) is 0 Å². The third kappa shape index (κ3) is 1.55. The molecular weight excluding hydrogens is 292 g/mol. The Balaban J connectivity index is 1.77. The van der Waals surface area contributed by atoms with Gasteiger partial charge in [0.1, 0.15) is 0 Å². The lowest BCUT2D eigenvalue weighted by atomic mass is 9.94. The van der Waals surface area contributed by atoms with Gasteiger partial charge in [-0.05, 0) is 6.92 Å². The molecule has 0 unspecified atom stereocenters. The Kier molecular flexibility index (Phi) is 2.44. The van der Waals surface area contributed by atoms with Gasteiger partial charge in [0.15, 0.2) is 4.20 Å². The minimum Gasteiger partial charge on any atom is -0.288 e. The maximum atomic E-state index is 12.6. The van der Waals surface area contributed by atoms with Crippen molar-refractivity contribution < 1.29 is 9.59 Å². The van der Waals surface area contributed by atoms with Crippen LogP contribution in [0.4, 0.5) is 0 Å². The fraction of sp³-hybridized carbons (Fsp3) is 0.214. The van der Waals surface area contributed by atoms with Gasteiger partial charge in [0, 0.05) is 23.3 Å². The molecule has 0 aromatic heterocycles. The second-order valence-corrected chi connectivity index (χ2v) is 7.83. The number of hydrogen-bond acceptors (Lipinski definition) is 6. The van der Waals surface area contributed by atoms with Crippen molar-refractivity contribution in [3.05, 3.63) is 45.2 Å². The maximum Gasteiger partial charge on any atom is 0.201 e. The fourth-order valence-corrected chi connectivity index (χ4v) is 5.68. The SMILES string of the molecule is CC1=NNC2(C1)SC1=C(S2)C(=O)c2ccccc2C1=O. The topological polar surface area (TPSA) is 58.5 Å². The summed E-state index contributed by atoms with van der Waals surface area (Å²) in [5.74, 6) is -0.0909. The average molecular weight is 302 g/mol. The van der Waals surface area contributed by atoms with E-state index in [1.54, 1.807) is 24.3 Å². The number of allylic oxidation sites excluding steroid dienone is 2. The highest BCUT2D eigenvalue weighted by molar-refractivity contribution is 8.25. The van der Waals surface area contributed by atoms with Crippen LogP contribution < -0.4 is 5.43 Å². The number of nitrogens with zero attached hydrogens (tertiary/aromatic N) is 1. The molecule has 1 aromatic carbocycles. The van der Waals surface area contributed by atoms with Crippen LogP contribution in [0.2, 0.25) is 0 Å². The Hall–Kier alpha value is -1.53. The van der Waals surface area contributed by atoms with Crippen molar-refractivity contribution in [3.63, 3.8) is 0 Å². The van der Waals surface area contributed by atoms with E-state index in [1.807, 2.05) is 6.92 Å². The van der Waals surface area contributed by atoms with Gasteiger partial charge in [-0.1, -0.05) is 47.8 Å². The number of hydrazone groups is 1. The predicted molar refractivity (Wildman–Crippen MR) is 80.9 cm³/mol. The Bertz CT molecular complexity index is 689. The largest absolute Gasteiger partial charge is 0.288 e. The quantitative estimate of drug-likeness (QED) is 0.798. The van der Waals surface area contributed by atoms with Crippen molar-refractivity contribution in [2.45, 2.75) is 17.5 Å². The van der Waals surface area contributed by atoms with E-state index in [4.69, 9.17) is 0 Å². The lowest BCUT2D eigenvalue weighted by Crippen LogP contribution is -2.29. The lowest BCUT2D eigenvalue weighted by molar-refractivity contribution is 0.0988. The molecule has 0 amide bonds. The number of fused-ring (bicyclic) bond motifs is 1. The molecule has 0 bridgehead atoms. The van der Waals surface area contributed by atoms with E-state index in [0.717, 1.165) is 12.1 Å². The number of ketones is 2. The summed E-state index contributed by atoms with van der Waals surface area (Å²) in [6.07, 6.45) is 0.728. The number of hydrogen-bond donors (Lipinski definition) is 1. The molecule has 3 aliphatic rings. The minimum atomic E-state index is -0.415. The number of nitrogens with one attached hydrogen (secondary N) is 1. The summed E-state index contributed by atoms with van der Waals surface area (Å²) in [5, 5.41) is 4.20. The molecule has 1 aliphatic carbocycles. The Morgan fingerprint density at radius 1 is 1.10 bits per heavy atom. The second kappa shape index (κ2) is 3.99.